The molecule has 0 bridgehead atoms. The Morgan fingerprint density at radius 1 is 1.22 bits per heavy atom. The molecule has 0 aliphatic heterocycles. The fraction of sp³-hybridized carbons (Fsp3) is 1.00. The first-order valence-electron chi connectivity index (χ1n) is 7.40. The second-order valence-corrected chi connectivity index (χ2v) is 7.21. The molecule has 0 spiro atoms. The number of unbranched alkanes of at least 4 members (excludes halogenated alkanes) is 1. The Morgan fingerprint density at radius 3 is 2.39 bits per heavy atom. The maximum Gasteiger partial charge on any atom is 0.0610 e. The Morgan fingerprint density at radius 2 is 1.89 bits per heavy atom. The molecule has 2 atom stereocenters. The van der Waals surface area contributed by atoms with Crippen LogP contribution >= 0.6 is 11.8 Å². The quantitative estimate of drug-likeness (QED) is 0.564. The summed E-state index contributed by atoms with van der Waals surface area (Å²) in [6.07, 6.45) is 4.81. The molecule has 0 amide bonds. The van der Waals surface area contributed by atoms with E-state index in [1.807, 2.05) is 0 Å². The van der Waals surface area contributed by atoms with Crippen molar-refractivity contribution in [2.24, 2.45) is 5.92 Å². The minimum absolute atomic E-state index is 0.102. The number of nitrogens with one attached hydrogen (secondary N) is 1. The van der Waals surface area contributed by atoms with Crippen molar-refractivity contribution >= 4 is 11.8 Å². The lowest BCUT2D eigenvalue weighted by Crippen LogP contribution is -2.49. The van der Waals surface area contributed by atoms with Crippen LogP contribution in [0.1, 0.15) is 60.3 Å². The fourth-order valence-electron chi connectivity index (χ4n) is 2.02. The molecule has 0 saturated carbocycles. The molecule has 0 aromatic heterocycles. The Bertz CT molecular complexity index is 199. The average molecular weight is 276 g/mol. The Hall–Kier alpha value is 0.270. The molecule has 18 heavy (non-hydrogen) atoms. The number of hydrogen-bond acceptors (Lipinski definition) is 3. The van der Waals surface area contributed by atoms with Gasteiger partial charge in [0.1, 0.15) is 0 Å². The average Bonchev–Trinajstić information content (AvgIpc) is 2.32. The zero-order chi connectivity index (χ0) is 14.0. The van der Waals surface area contributed by atoms with E-state index in [-0.39, 0.29) is 12.1 Å². The van der Waals surface area contributed by atoms with Gasteiger partial charge in [-0.15, -0.1) is 0 Å². The molecule has 0 heterocycles. The fourth-order valence-corrected chi connectivity index (χ4v) is 3.23. The van der Waals surface area contributed by atoms with Gasteiger partial charge in [-0.05, 0) is 37.2 Å². The van der Waals surface area contributed by atoms with E-state index in [1.54, 1.807) is 0 Å². The monoisotopic (exact) mass is 275 g/mol. The second kappa shape index (κ2) is 10.1. The van der Waals surface area contributed by atoms with Gasteiger partial charge < -0.3 is 10.4 Å². The number of rotatable bonds is 11. The van der Waals surface area contributed by atoms with Crippen molar-refractivity contribution in [3.05, 3.63) is 0 Å². The summed E-state index contributed by atoms with van der Waals surface area (Å²) in [6, 6.07) is 0.432. The molecular formula is C15H33NOS. The molecule has 3 heteroatoms. The molecule has 2 nitrogen and oxygen atoms in total. The third kappa shape index (κ3) is 9.23. The van der Waals surface area contributed by atoms with Crippen LogP contribution in [0.5, 0.6) is 0 Å². The minimum Gasteiger partial charge on any atom is -0.394 e. The van der Waals surface area contributed by atoms with Crippen LogP contribution in [0.15, 0.2) is 0 Å². The molecule has 0 aromatic carbocycles. The molecule has 0 aliphatic rings. The van der Waals surface area contributed by atoms with Gasteiger partial charge in [0.25, 0.3) is 0 Å². The maximum absolute atomic E-state index is 9.47. The van der Waals surface area contributed by atoms with Gasteiger partial charge in [0.15, 0.2) is 0 Å². The predicted octanol–water partition coefficient (Wildman–Crippen LogP) is 3.69. The molecule has 0 saturated heterocycles. The van der Waals surface area contributed by atoms with Crippen LogP contribution in [0.25, 0.3) is 0 Å². The summed E-state index contributed by atoms with van der Waals surface area (Å²) >= 11 is 2.08. The molecular weight excluding hydrogens is 242 g/mol. The molecule has 2 N–H and O–H groups in total. The highest BCUT2D eigenvalue weighted by Gasteiger charge is 2.22. The van der Waals surface area contributed by atoms with E-state index in [2.05, 4.69) is 51.7 Å². The number of thioether (sulfide) groups is 1. The van der Waals surface area contributed by atoms with Crippen molar-refractivity contribution in [1.29, 1.82) is 0 Å². The van der Waals surface area contributed by atoms with Crippen LogP contribution in [-0.2, 0) is 0 Å². The zero-order valence-electron chi connectivity index (χ0n) is 13.0. The van der Waals surface area contributed by atoms with Crippen molar-refractivity contribution in [3.63, 3.8) is 0 Å². The first-order chi connectivity index (χ1) is 8.43. The van der Waals surface area contributed by atoms with Gasteiger partial charge in [0.05, 0.1) is 6.61 Å². The lowest BCUT2D eigenvalue weighted by Gasteiger charge is -2.31. The predicted molar refractivity (Wildman–Crippen MR) is 84.4 cm³/mol. The number of hydrogen-bond donors (Lipinski definition) is 2. The van der Waals surface area contributed by atoms with Crippen LogP contribution in [0.2, 0.25) is 0 Å². The Labute approximate surface area is 118 Å². The van der Waals surface area contributed by atoms with Gasteiger partial charge in [-0.2, -0.15) is 11.8 Å². The molecule has 0 rings (SSSR count). The van der Waals surface area contributed by atoms with Crippen molar-refractivity contribution in [3.8, 4) is 0 Å². The van der Waals surface area contributed by atoms with Crippen LogP contribution in [0, 0.1) is 5.92 Å². The van der Waals surface area contributed by atoms with E-state index < -0.39 is 0 Å². The second-order valence-electron chi connectivity index (χ2n) is 6.06. The van der Waals surface area contributed by atoms with Crippen molar-refractivity contribution < 1.29 is 5.11 Å². The highest BCUT2D eigenvalue weighted by Crippen LogP contribution is 2.17. The largest absolute Gasteiger partial charge is 0.394 e. The molecule has 0 aromatic rings. The highest BCUT2D eigenvalue weighted by atomic mass is 32.2. The van der Waals surface area contributed by atoms with Gasteiger partial charge in [0.2, 0.25) is 0 Å². The van der Waals surface area contributed by atoms with Crippen LogP contribution in [0.3, 0.4) is 0 Å². The van der Waals surface area contributed by atoms with E-state index in [0.717, 1.165) is 12.3 Å². The zero-order valence-corrected chi connectivity index (χ0v) is 13.8. The van der Waals surface area contributed by atoms with Gasteiger partial charge in [-0.25, -0.2) is 0 Å². The van der Waals surface area contributed by atoms with Crippen LogP contribution in [0.4, 0.5) is 0 Å². The van der Waals surface area contributed by atoms with E-state index in [1.165, 1.54) is 30.8 Å². The van der Waals surface area contributed by atoms with Crippen LogP contribution < -0.4 is 5.32 Å². The van der Waals surface area contributed by atoms with Crippen LogP contribution in [-0.4, -0.2) is 34.8 Å². The molecule has 0 fully saturated rings. The summed E-state index contributed by atoms with van der Waals surface area (Å²) in [5.41, 5.74) is -0.102. The summed E-state index contributed by atoms with van der Waals surface area (Å²) in [5.74, 6) is 3.39. The van der Waals surface area contributed by atoms with E-state index in [4.69, 9.17) is 0 Å². The molecule has 110 valence electrons. The summed E-state index contributed by atoms with van der Waals surface area (Å²) in [7, 11) is 0. The van der Waals surface area contributed by atoms with Crippen molar-refractivity contribution in [2.75, 3.05) is 18.1 Å². The summed E-state index contributed by atoms with van der Waals surface area (Å²) < 4.78 is 0. The van der Waals surface area contributed by atoms with Crippen molar-refractivity contribution in [1.82, 2.24) is 5.32 Å². The summed E-state index contributed by atoms with van der Waals surface area (Å²) in [6.45, 7) is 11.2. The first-order valence-corrected chi connectivity index (χ1v) is 8.55. The van der Waals surface area contributed by atoms with Gasteiger partial charge in [-0.3, -0.25) is 0 Å². The topological polar surface area (TPSA) is 32.3 Å². The molecule has 0 radical (unpaired) electrons. The van der Waals surface area contributed by atoms with E-state index in [9.17, 15) is 5.11 Å². The Kier molecular flexibility index (Phi) is 10.3. The first kappa shape index (κ1) is 18.3. The highest BCUT2D eigenvalue weighted by molar-refractivity contribution is 7.99. The van der Waals surface area contributed by atoms with Gasteiger partial charge >= 0.3 is 0 Å². The SMILES string of the molecule is CCC(C)CSCCCCC(C)(CO)NC(C)C. The smallest absolute Gasteiger partial charge is 0.0610 e. The summed E-state index contributed by atoms with van der Waals surface area (Å²) in [4.78, 5) is 0. The standard InChI is InChI=1S/C15H33NOS/c1-6-14(4)11-18-10-8-7-9-15(5,12-17)16-13(2)3/h13-14,16-17H,6-12H2,1-5H3. The van der Waals surface area contributed by atoms with Gasteiger partial charge in [-0.1, -0.05) is 40.5 Å². The maximum atomic E-state index is 9.47. The van der Waals surface area contributed by atoms with E-state index in [0.29, 0.717) is 6.04 Å². The minimum atomic E-state index is -0.102. The number of aliphatic hydroxyl groups excluding tert-OH is 1. The van der Waals surface area contributed by atoms with Gasteiger partial charge in [0, 0.05) is 11.6 Å². The lowest BCUT2D eigenvalue weighted by molar-refractivity contribution is 0.154. The summed E-state index contributed by atoms with van der Waals surface area (Å²) in [5, 5.41) is 12.9. The number of aliphatic hydroxyl groups is 1. The third-order valence-corrected chi connectivity index (χ3v) is 4.73. The van der Waals surface area contributed by atoms with Crippen molar-refractivity contribution in [2.45, 2.75) is 71.9 Å². The molecule has 2 unspecified atom stereocenters. The normalized spacial score (nSPS) is 16.8. The Balaban J connectivity index is 3.62. The van der Waals surface area contributed by atoms with E-state index >= 15 is 0 Å². The molecule has 0 aliphatic carbocycles. The lowest BCUT2D eigenvalue weighted by atomic mass is 9.95. The third-order valence-electron chi connectivity index (χ3n) is 3.35.